The zero-order chi connectivity index (χ0) is 14.6. The number of carboxylic acid groups (broad SMARTS) is 1. The van der Waals surface area contributed by atoms with Gasteiger partial charge in [-0.2, -0.15) is 0 Å². The fraction of sp³-hybridized carbons (Fsp3) is 0.385. The van der Waals surface area contributed by atoms with Crippen LogP contribution in [0.3, 0.4) is 0 Å². The van der Waals surface area contributed by atoms with Gasteiger partial charge < -0.3 is 16.2 Å². The Morgan fingerprint density at radius 3 is 2.53 bits per heavy atom. The molecule has 1 amide bonds. The Bertz CT molecular complexity index is 489. The van der Waals surface area contributed by atoms with Crippen LogP contribution >= 0.6 is 11.6 Å². The third kappa shape index (κ3) is 4.44. The molecule has 0 saturated carbocycles. The molecular weight excluding hydrogens is 268 g/mol. The molecule has 0 fully saturated rings. The Balaban J connectivity index is 3.02. The number of hydrogen-bond acceptors (Lipinski definition) is 3. The number of rotatable bonds is 6. The largest absolute Gasteiger partial charge is 0.480 e. The lowest BCUT2D eigenvalue weighted by atomic mass is 10.0. The van der Waals surface area contributed by atoms with Crippen molar-refractivity contribution in [2.24, 2.45) is 11.7 Å². The average molecular weight is 285 g/mol. The molecule has 5 nitrogen and oxygen atoms in total. The van der Waals surface area contributed by atoms with Crippen LogP contribution in [0.2, 0.25) is 5.02 Å². The monoisotopic (exact) mass is 284 g/mol. The zero-order valence-electron chi connectivity index (χ0n) is 10.8. The van der Waals surface area contributed by atoms with Gasteiger partial charge in [-0.1, -0.05) is 25.4 Å². The molecule has 1 unspecified atom stereocenters. The number of primary amides is 1. The van der Waals surface area contributed by atoms with E-state index in [1.54, 1.807) is 12.1 Å². The summed E-state index contributed by atoms with van der Waals surface area (Å²) in [6.07, 6.45) is 0.441. The minimum atomic E-state index is -0.973. The first-order chi connectivity index (χ1) is 8.81. The van der Waals surface area contributed by atoms with Gasteiger partial charge in [0.1, 0.15) is 6.04 Å². The molecule has 1 rings (SSSR count). The molecule has 0 heterocycles. The number of halogens is 1. The topological polar surface area (TPSA) is 92.4 Å². The smallest absolute Gasteiger partial charge is 0.326 e. The number of carboxylic acids is 1. The molecule has 0 aliphatic carbocycles. The molecule has 0 aromatic heterocycles. The second kappa shape index (κ2) is 6.43. The first-order valence-corrected chi connectivity index (χ1v) is 6.27. The van der Waals surface area contributed by atoms with E-state index >= 15 is 0 Å². The van der Waals surface area contributed by atoms with Crippen molar-refractivity contribution in [2.45, 2.75) is 26.3 Å². The first-order valence-electron chi connectivity index (χ1n) is 5.90. The van der Waals surface area contributed by atoms with Gasteiger partial charge in [-0.15, -0.1) is 0 Å². The van der Waals surface area contributed by atoms with E-state index in [1.807, 2.05) is 13.8 Å². The zero-order valence-corrected chi connectivity index (χ0v) is 11.6. The first kappa shape index (κ1) is 15.3. The van der Waals surface area contributed by atoms with Gasteiger partial charge in [0.15, 0.2) is 0 Å². The number of nitrogens with two attached hydrogens (primary N) is 1. The lowest BCUT2D eigenvalue weighted by molar-refractivity contribution is -0.138. The van der Waals surface area contributed by atoms with Crippen molar-refractivity contribution in [2.75, 3.05) is 5.32 Å². The van der Waals surface area contributed by atoms with Crippen LogP contribution in [0.5, 0.6) is 0 Å². The Kier molecular flexibility index (Phi) is 5.18. The van der Waals surface area contributed by atoms with Crippen LogP contribution in [0.1, 0.15) is 30.6 Å². The highest BCUT2D eigenvalue weighted by Crippen LogP contribution is 2.22. The molecule has 0 spiro atoms. The summed E-state index contributed by atoms with van der Waals surface area (Å²) in [6, 6.07) is 3.77. The highest BCUT2D eigenvalue weighted by atomic mass is 35.5. The summed E-state index contributed by atoms with van der Waals surface area (Å²) in [6.45, 7) is 3.85. The predicted molar refractivity (Wildman–Crippen MR) is 74.5 cm³/mol. The van der Waals surface area contributed by atoms with Crippen molar-refractivity contribution in [1.82, 2.24) is 0 Å². The van der Waals surface area contributed by atoms with Gasteiger partial charge in [0.25, 0.3) is 5.91 Å². The predicted octanol–water partition coefficient (Wildman–Crippen LogP) is 2.35. The lowest BCUT2D eigenvalue weighted by Crippen LogP contribution is -2.31. The molecule has 0 bridgehead atoms. The van der Waals surface area contributed by atoms with Crippen LogP contribution < -0.4 is 11.1 Å². The van der Waals surface area contributed by atoms with Crippen molar-refractivity contribution < 1.29 is 14.7 Å². The second-order valence-corrected chi connectivity index (χ2v) is 5.16. The number of anilines is 1. The highest BCUT2D eigenvalue weighted by molar-refractivity contribution is 6.31. The number of nitrogens with one attached hydrogen (secondary N) is 1. The summed E-state index contributed by atoms with van der Waals surface area (Å²) in [5.74, 6) is -1.42. The number of benzene rings is 1. The molecule has 104 valence electrons. The van der Waals surface area contributed by atoms with E-state index in [-0.39, 0.29) is 11.5 Å². The van der Waals surface area contributed by atoms with Gasteiger partial charge in [0.2, 0.25) is 0 Å². The van der Waals surface area contributed by atoms with Crippen LogP contribution in [0.4, 0.5) is 5.69 Å². The third-order valence-corrected chi connectivity index (χ3v) is 2.82. The van der Waals surface area contributed by atoms with E-state index < -0.39 is 17.9 Å². The molecule has 1 aromatic carbocycles. The minimum Gasteiger partial charge on any atom is -0.480 e. The van der Waals surface area contributed by atoms with Crippen molar-refractivity contribution >= 4 is 29.2 Å². The van der Waals surface area contributed by atoms with Crippen molar-refractivity contribution in [1.29, 1.82) is 0 Å². The van der Waals surface area contributed by atoms with Crippen LogP contribution in [-0.4, -0.2) is 23.0 Å². The van der Waals surface area contributed by atoms with Crippen LogP contribution in [0, 0.1) is 5.92 Å². The molecule has 1 aromatic rings. The van der Waals surface area contributed by atoms with Gasteiger partial charge in [0, 0.05) is 10.7 Å². The lowest BCUT2D eigenvalue weighted by Gasteiger charge is -2.19. The summed E-state index contributed by atoms with van der Waals surface area (Å²) in [5, 5.41) is 12.4. The molecule has 0 aliphatic rings. The molecule has 1 atom stereocenters. The molecule has 0 radical (unpaired) electrons. The fourth-order valence-corrected chi connectivity index (χ4v) is 1.90. The van der Waals surface area contributed by atoms with Gasteiger partial charge in [-0.3, -0.25) is 4.79 Å². The van der Waals surface area contributed by atoms with Crippen LogP contribution in [0.25, 0.3) is 0 Å². The quantitative estimate of drug-likeness (QED) is 0.747. The van der Waals surface area contributed by atoms with Crippen LogP contribution in [-0.2, 0) is 4.79 Å². The fourth-order valence-electron chi connectivity index (χ4n) is 1.73. The van der Waals surface area contributed by atoms with E-state index in [2.05, 4.69) is 5.32 Å². The summed E-state index contributed by atoms with van der Waals surface area (Å²) in [7, 11) is 0. The number of hydrogen-bond donors (Lipinski definition) is 3. The second-order valence-electron chi connectivity index (χ2n) is 4.72. The van der Waals surface area contributed by atoms with Gasteiger partial charge in [-0.25, -0.2) is 4.79 Å². The standard InChI is InChI=1S/C13H17ClN2O3/c1-7(2)5-11(13(18)19)16-10-4-3-8(14)6-9(10)12(15)17/h3-4,6-7,11,16H,5H2,1-2H3,(H2,15,17)(H,18,19). The van der Waals surface area contributed by atoms with E-state index in [0.29, 0.717) is 17.1 Å². The molecule has 0 aliphatic heterocycles. The molecule has 4 N–H and O–H groups in total. The maximum atomic E-state index is 11.3. The summed E-state index contributed by atoms with van der Waals surface area (Å²) in [4.78, 5) is 22.5. The molecule has 19 heavy (non-hydrogen) atoms. The van der Waals surface area contributed by atoms with E-state index in [1.165, 1.54) is 6.07 Å². The van der Waals surface area contributed by atoms with E-state index in [9.17, 15) is 9.59 Å². The number of amides is 1. The average Bonchev–Trinajstić information content (AvgIpc) is 2.29. The Hall–Kier alpha value is -1.75. The Morgan fingerprint density at radius 2 is 2.05 bits per heavy atom. The molecular formula is C13H17ClN2O3. The van der Waals surface area contributed by atoms with Crippen molar-refractivity contribution in [3.05, 3.63) is 28.8 Å². The Labute approximate surface area is 116 Å². The Morgan fingerprint density at radius 1 is 1.42 bits per heavy atom. The van der Waals surface area contributed by atoms with Gasteiger partial charge in [-0.05, 0) is 30.5 Å². The number of carbonyl (C=O) groups is 2. The van der Waals surface area contributed by atoms with Gasteiger partial charge in [0.05, 0.1) is 5.56 Å². The molecule has 6 heteroatoms. The maximum Gasteiger partial charge on any atom is 0.326 e. The summed E-state index contributed by atoms with van der Waals surface area (Å²) < 4.78 is 0. The third-order valence-electron chi connectivity index (χ3n) is 2.58. The highest BCUT2D eigenvalue weighted by Gasteiger charge is 2.20. The SMILES string of the molecule is CC(C)CC(Nc1ccc(Cl)cc1C(N)=O)C(=O)O. The van der Waals surface area contributed by atoms with Gasteiger partial charge >= 0.3 is 5.97 Å². The van der Waals surface area contributed by atoms with Crippen LogP contribution in [0.15, 0.2) is 18.2 Å². The number of aliphatic carboxylic acids is 1. The maximum absolute atomic E-state index is 11.3. The summed E-state index contributed by atoms with van der Waals surface area (Å²) >= 11 is 5.79. The molecule has 0 saturated heterocycles. The minimum absolute atomic E-state index is 0.183. The van der Waals surface area contributed by atoms with E-state index in [0.717, 1.165) is 0 Å². The van der Waals surface area contributed by atoms with Crippen molar-refractivity contribution in [3.8, 4) is 0 Å². The van der Waals surface area contributed by atoms with E-state index in [4.69, 9.17) is 22.4 Å². The van der Waals surface area contributed by atoms with Crippen molar-refractivity contribution in [3.63, 3.8) is 0 Å². The normalized spacial score (nSPS) is 12.2. The number of carbonyl (C=O) groups excluding carboxylic acids is 1. The summed E-state index contributed by atoms with van der Waals surface area (Å²) in [5.41, 5.74) is 5.81.